The number of hydrogen-bond acceptors (Lipinski definition) is 3. The summed E-state index contributed by atoms with van der Waals surface area (Å²) in [5.41, 5.74) is 5.37. The van der Waals surface area contributed by atoms with Gasteiger partial charge in [-0.2, -0.15) is 0 Å². The Morgan fingerprint density at radius 3 is 2.52 bits per heavy atom. The molecule has 0 N–H and O–H groups in total. The van der Waals surface area contributed by atoms with Crippen molar-refractivity contribution in [3.8, 4) is 11.5 Å². The average molecular weight is 380 g/mol. The van der Waals surface area contributed by atoms with E-state index in [1.54, 1.807) is 7.11 Å². The van der Waals surface area contributed by atoms with Crippen LogP contribution in [0.1, 0.15) is 22.3 Å². The molecule has 0 aromatic heterocycles. The zero-order valence-corrected chi connectivity index (χ0v) is 16.5. The summed E-state index contributed by atoms with van der Waals surface area (Å²) in [4.78, 5) is 4.55. The third-order valence-corrected chi connectivity index (χ3v) is 4.56. The summed E-state index contributed by atoms with van der Waals surface area (Å²) in [5, 5.41) is 0.695. The first-order valence-electron chi connectivity index (χ1n) is 8.72. The number of benzene rings is 3. The molecule has 3 nitrogen and oxygen atoms in total. The summed E-state index contributed by atoms with van der Waals surface area (Å²) < 4.78 is 11.4. The maximum absolute atomic E-state index is 6.01. The van der Waals surface area contributed by atoms with Crippen molar-refractivity contribution in [3.05, 3.63) is 87.9 Å². The highest BCUT2D eigenvalue weighted by Crippen LogP contribution is 2.29. The van der Waals surface area contributed by atoms with Gasteiger partial charge in [0.25, 0.3) is 0 Å². The second-order valence-electron chi connectivity index (χ2n) is 6.36. The van der Waals surface area contributed by atoms with Crippen molar-refractivity contribution in [2.75, 3.05) is 7.11 Å². The summed E-state index contributed by atoms with van der Waals surface area (Å²) >= 11 is 6.01. The molecule has 0 atom stereocenters. The van der Waals surface area contributed by atoms with Crippen LogP contribution < -0.4 is 9.47 Å². The molecule has 0 radical (unpaired) electrons. The van der Waals surface area contributed by atoms with Gasteiger partial charge < -0.3 is 9.47 Å². The SMILES string of the molecule is COc1cc(C=Nc2ccc(C)c(C)c2)ccc1OCc1cccc(Cl)c1. The van der Waals surface area contributed by atoms with E-state index >= 15 is 0 Å². The van der Waals surface area contributed by atoms with E-state index in [0.717, 1.165) is 16.8 Å². The molecule has 138 valence electrons. The van der Waals surface area contributed by atoms with Crippen LogP contribution in [0.2, 0.25) is 5.02 Å². The van der Waals surface area contributed by atoms with Crippen LogP contribution >= 0.6 is 11.6 Å². The molecule has 4 heteroatoms. The molecule has 0 aliphatic rings. The lowest BCUT2D eigenvalue weighted by Crippen LogP contribution is -1.98. The molecule has 0 saturated heterocycles. The topological polar surface area (TPSA) is 30.8 Å². The number of halogens is 1. The van der Waals surface area contributed by atoms with Gasteiger partial charge in [-0.25, -0.2) is 0 Å². The third-order valence-electron chi connectivity index (χ3n) is 4.32. The van der Waals surface area contributed by atoms with Crippen molar-refractivity contribution >= 4 is 23.5 Å². The molecule has 27 heavy (non-hydrogen) atoms. The fraction of sp³-hybridized carbons (Fsp3) is 0.174. The Balaban J connectivity index is 1.73. The molecule has 3 rings (SSSR count). The minimum atomic E-state index is 0.424. The Hall–Kier alpha value is -2.78. The molecule has 0 saturated carbocycles. The standard InChI is InChI=1S/C23H22ClNO2/c1-16-7-9-21(11-17(16)2)25-14-18-8-10-22(23(13-18)26-3)27-15-19-5-4-6-20(24)12-19/h4-14H,15H2,1-3H3. The summed E-state index contributed by atoms with van der Waals surface area (Å²) in [6.07, 6.45) is 1.83. The predicted molar refractivity (Wildman–Crippen MR) is 112 cm³/mol. The zero-order chi connectivity index (χ0) is 19.2. The van der Waals surface area contributed by atoms with E-state index in [-0.39, 0.29) is 0 Å². The van der Waals surface area contributed by atoms with Crippen LogP contribution in [0.25, 0.3) is 0 Å². The van der Waals surface area contributed by atoms with Gasteiger partial charge in [-0.1, -0.05) is 29.8 Å². The lowest BCUT2D eigenvalue weighted by atomic mass is 10.1. The van der Waals surface area contributed by atoms with E-state index < -0.39 is 0 Å². The predicted octanol–water partition coefficient (Wildman–Crippen LogP) is 6.30. The summed E-state index contributed by atoms with van der Waals surface area (Å²) in [6.45, 7) is 4.60. The number of aryl methyl sites for hydroxylation is 2. The molecule has 0 fully saturated rings. The van der Waals surface area contributed by atoms with Crippen LogP contribution in [-0.4, -0.2) is 13.3 Å². The van der Waals surface area contributed by atoms with Crippen molar-refractivity contribution in [2.45, 2.75) is 20.5 Å². The van der Waals surface area contributed by atoms with Crippen molar-refractivity contribution in [1.29, 1.82) is 0 Å². The Kier molecular flexibility index (Phi) is 6.15. The lowest BCUT2D eigenvalue weighted by Gasteiger charge is -2.11. The highest BCUT2D eigenvalue weighted by Gasteiger charge is 2.06. The Morgan fingerprint density at radius 2 is 1.78 bits per heavy atom. The van der Waals surface area contributed by atoms with E-state index in [2.05, 4.69) is 31.0 Å². The smallest absolute Gasteiger partial charge is 0.161 e. The molecular formula is C23H22ClNO2. The highest BCUT2D eigenvalue weighted by molar-refractivity contribution is 6.30. The minimum absolute atomic E-state index is 0.424. The van der Waals surface area contributed by atoms with Gasteiger partial charge in [-0.15, -0.1) is 0 Å². The quantitative estimate of drug-likeness (QED) is 0.471. The average Bonchev–Trinajstić information content (AvgIpc) is 2.67. The number of hydrogen-bond donors (Lipinski definition) is 0. The van der Waals surface area contributed by atoms with Gasteiger partial charge in [-0.3, -0.25) is 4.99 Å². The van der Waals surface area contributed by atoms with Crippen molar-refractivity contribution in [2.24, 2.45) is 4.99 Å². The number of aliphatic imine (C=N–C) groups is 1. The van der Waals surface area contributed by atoms with Crippen LogP contribution in [0, 0.1) is 13.8 Å². The van der Waals surface area contributed by atoms with Crippen molar-refractivity contribution < 1.29 is 9.47 Å². The molecule has 0 unspecified atom stereocenters. The summed E-state index contributed by atoms with van der Waals surface area (Å²) in [6, 6.07) is 19.5. The Labute approximate surface area is 165 Å². The number of ether oxygens (including phenoxy) is 2. The maximum atomic E-state index is 6.01. The second-order valence-corrected chi connectivity index (χ2v) is 6.79. The van der Waals surface area contributed by atoms with Gasteiger partial charge in [0, 0.05) is 11.2 Å². The number of nitrogens with zero attached hydrogens (tertiary/aromatic N) is 1. The molecule has 0 aliphatic heterocycles. The van der Waals surface area contributed by atoms with Gasteiger partial charge in [0.05, 0.1) is 12.8 Å². The van der Waals surface area contributed by atoms with E-state index in [0.29, 0.717) is 23.1 Å². The highest BCUT2D eigenvalue weighted by atomic mass is 35.5. The largest absolute Gasteiger partial charge is 0.493 e. The van der Waals surface area contributed by atoms with Crippen molar-refractivity contribution in [3.63, 3.8) is 0 Å². The zero-order valence-electron chi connectivity index (χ0n) is 15.7. The first-order chi connectivity index (χ1) is 13.0. The molecule has 0 spiro atoms. The number of rotatable bonds is 6. The molecule has 0 heterocycles. The van der Waals surface area contributed by atoms with Crippen LogP contribution in [-0.2, 0) is 6.61 Å². The van der Waals surface area contributed by atoms with Gasteiger partial charge in [0.1, 0.15) is 6.61 Å². The monoisotopic (exact) mass is 379 g/mol. The van der Waals surface area contributed by atoms with Crippen LogP contribution in [0.4, 0.5) is 5.69 Å². The van der Waals surface area contributed by atoms with Gasteiger partial charge in [0.15, 0.2) is 11.5 Å². The van der Waals surface area contributed by atoms with Crippen LogP contribution in [0.5, 0.6) is 11.5 Å². The van der Waals surface area contributed by atoms with E-state index in [1.165, 1.54) is 11.1 Å². The van der Waals surface area contributed by atoms with Crippen LogP contribution in [0.15, 0.2) is 65.7 Å². The van der Waals surface area contributed by atoms with E-state index in [1.807, 2.05) is 54.7 Å². The third kappa shape index (κ3) is 5.11. The lowest BCUT2D eigenvalue weighted by molar-refractivity contribution is 0.284. The fourth-order valence-corrected chi connectivity index (χ4v) is 2.84. The summed E-state index contributed by atoms with van der Waals surface area (Å²) in [7, 11) is 1.63. The minimum Gasteiger partial charge on any atom is -0.493 e. The molecule has 0 bridgehead atoms. The fourth-order valence-electron chi connectivity index (χ4n) is 2.63. The number of methoxy groups -OCH3 is 1. The molecule has 3 aromatic carbocycles. The van der Waals surface area contributed by atoms with Crippen LogP contribution in [0.3, 0.4) is 0 Å². The maximum Gasteiger partial charge on any atom is 0.161 e. The first kappa shape index (κ1) is 19.0. The van der Waals surface area contributed by atoms with Gasteiger partial charge in [0.2, 0.25) is 0 Å². The molecular weight excluding hydrogens is 358 g/mol. The van der Waals surface area contributed by atoms with E-state index in [9.17, 15) is 0 Å². The first-order valence-corrected chi connectivity index (χ1v) is 9.09. The van der Waals surface area contributed by atoms with Gasteiger partial charge in [-0.05, 0) is 78.6 Å². The van der Waals surface area contributed by atoms with Crippen molar-refractivity contribution in [1.82, 2.24) is 0 Å². The Bertz CT molecular complexity index is 966. The second kappa shape index (κ2) is 8.74. The normalized spacial score (nSPS) is 11.0. The molecule has 3 aromatic rings. The Morgan fingerprint density at radius 1 is 0.926 bits per heavy atom. The summed E-state index contributed by atoms with van der Waals surface area (Å²) in [5.74, 6) is 1.35. The van der Waals surface area contributed by atoms with E-state index in [4.69, 9.17) is 21.1 Å². The molecule has 0 aliphatic carbocycles. The molecule has 0 amide bonds. The van der Waals surface area contributed by atoms with Gasteiger partial charge >= 0.3 is 0 Å².